The number of rotatable bonds is 6. The minimum absolute atomic E-state index is 0.139. The van der Waals surface area contributed by atoms with Gasteiger partial charge in [0.1, 0.15) is 5.82 Å². The maximum atomic E-state index is 12.8. The normalized spacial score (nSPS) is 10.6. The number of carbonyl (C=O) groups excluding carboxylic acids is 1. The molecule has 1 amide bonds. The molecular weight excluding hydrogens is 345 g/mol. The van der Waals surface area contributed by atoms with Crippen molar-refractivity contribution in [1.29, 1.82) is 0 Å². The molecule has 0 unspecified atom stereocenters. The molecule has 0 aliphatic rings. The van der Waals surface area contributed by atoms with E-state index in [0.29, 0.717) is 28.7 Å². The van der Waals surface area contributed by atoms with Gasteiger partial charge in [-0.05, 0) is 36.2 Å². The second kappa shape index (κ2) is 7.90. The first kappa shape index (κ1) is 17.1. The molecule has 0 aliphatic carbocycles. The maximum absolute atomic E-state index is 12.8. The van der Waals surface area contributed by atoms with Gasteiger partial charge in [-0.1, -0.05) is 41.0 Å². The number of halogens is 2. The second-order valence-corrected chi connectivity index (χ2v) is 5.80. The minimum Gasteiger partial charge on any atom is -0.347 e. The van der Waals surface area contributed by atoms with E-state index in [9.17, 15) is 9.18 Å². The van der Waals surface area contributed by atoms with Crippen molar-refractivity contribution in [1.82, 2.24) is 15.5 Å². The van der Waals surface area contributed by atoms with E-state index in [1.54, 1.807) is 24.3 Å². The van der Waals surface area contributed by atoms with Gasteiger partial charge in [-0.2, -0.15) is 4.98 Å². The molecule has 0 saturated carbocycles. The lowest BCUT2D eigenvalue weighted by Crippen LogP contribution is -2.23. The van der Waals surface area contributed by atoms with Crippen LogP contribution in [0.25, 0.3) is 11.4 Å². The van der Waals surface area contributed by atoms with Crippen LogP contribution in [0.15, 0.2) is 53.1 Å². The lowest BCUT2D eigenvalue weighted by molar-refractivity contribution is -0.121. The highest BCUT2D eigenvalue weighted by Crippen LogP contribution is 2.24. The van der Waals surface area contributed by atoms with Crippen LogP contribution in [0.4, 0.5) is 4.39 Å². The van der Waals surface area contributed by atoms with Crippen LogP contribution in [0.1, 0.15) is 17.9 Å². The molecule has 0 bridgehead atoms. The molecule has 128 valence electrons. The fraction of sp³-hybridized carbons (Fsp3) is 0.167. The summed E-state index contributed by atoms with van der Waals surface area (Å²) in [5.74, 6) is 0.229. The Balaban J connectivity index is 1.51. The predicted molar refractivity (Wildman–Crippen MR) is 91.3 cm³/mol. The van der Waals surface area contributed by atoms with Crippen molar-refractivity contribution < 1.29 is 13.7 Å². The van der Waals surface area contributed by atoms with Crippen LogP contribution in [0.2, 0.25) is 5.02 Å². The van der Waals surface area contributed by atoms with Gasteiger partial charge in [-0.25, -0.2) is 4.39 Å². The summed E-state index contributed by atoms with van der Waals surface area (Å²) in [7, 11) is 0. The molecule has 3 rings (SSSR count). The summed E-state index contributed by atoms with van der Waals surface area (Å²) in [4.78, 5) is 16.1. The van der Waals surface area contributed by atoms with Crippen LogP contribution in [0.5, 0.6) is 0 Å². The molecule has 0 spiro atoms. The number of benzene rings is 2. The van der Waals surface area contributed by atoms with E-state index in [1.165, 1.54) is 12.1 Å². The zero-order valence-electron chi connectivity index (χ0n) is 13.2. The van der Waals surface area contributed by atoms with Crippen molar-refractivity contribution in [2.75, 3.05) is 0 Å². The first-order valence-electron chi connectivity index (χ1n) is 7.70. The third kappa shape index (κ3) is 4.64. The molecule has 3 aromatic rings. The lowest BCUT2D eigenvalue weighted by atomic mass is 10.1. The fourth-order valence-electron chi connectivity index (χ4n) is 2.25. The van der Waals surface area contributed by atoms with Gasteiger partial charge in [0.05, 0.1) is 11.6 Å². The van der Waals surface area contributed by atoms with E-state index in [4.69, 9.17) is 16.1 Å². The first-order chi connectivity index (χ1) is 12.1. The molecular formula is C18H15ClFN3O2. The van der Waals surface area contributed by atoms with Crippen molar-refractivity contribution >= 4 is 17.5 Å². The average molecular weight is 360 g/mol. The van der Waals surface area contributed by atoms with E-state index in [0.717, 1.165) is 5.56 Å². The number of hydrogen-bond donors (Lipinski definition) is 1. The molecule has 0 fully saturated rings. The second-order valence-electron chi connectivity index (χ2n) is 5.39. The third-order valence-corrected chi connectivity index (χ3v) is 3.90. The van der Waals surface area contributed by atoms with Crippen molar-refractivity contribution in [3.63, 3.8) is 0 Å². The number of nitrogens with zero attached hydrogens (tertiary/aromatic N) is 2. The van der Waals surface area contributed by atoms with E-state index < -0.39 is 0 Å². The van der Waals surface area contributed by atoms with Crippen molar-refractivity contribution in [3.05, 3.63) is 70.8 Å². The Hall–Kier alpha value is -2.73. The molecule has 0 aliphatic heterocycles. The van der Waals surface area contributed by atoms with Crippen LogP contribution in [0.3, 0.4) is 0 Å². The number of nitrogens with one attached hydrogen (secondary N) is 1. The molecule has 1 aromatic heterocycles. The van der Waals surface area contributed by atoms with Gasteiger partial charge in [0, 0.05) is 12.0 Å². The zero-order chi connectivity index (χ0) is 17.6. The highest BCUT2D eigenvalue weighted by atomic mass is 35.5. The molecule has 1 N–H and O–H groups in total. The summed E-state index contributed by atoms with van der Waals surface area (Å²) in [5.41, 5.74) is 1.57. The van der Waals surface area contributed by atoms with Gasteiger partial charge >= 0.3 is 0 Å². The van der Waals surface area contributed by atoms with E-state index >= 15 is 0 Å². The standard InChI is InChI=1S/C18H15ClFN3O2/c19-15-4-2-1-3-14(15)18-22-17(25-23-18)11-21-16(24)10-7-12-5-8-13(20)9-6-12/h1-6,8-9H,7,10-11H2,(H,21,24). The van der Waals surface area contributed by atoms with Gasteiger partial charge in [-0.15, -0.1) is 0 Å². The Morgan fingerprint density at radius 3 is 2.68 bits per heavy atom. The number of aromatic nitrogens is 2. The van der Waals surface area contributed by atoms with Crippen LogP contribution in [-0.4, -0.2) is 16.0 Å². The van der Waals surface area contributed by atoms with Crippen molar-refractivity contribution in [3.8, 4) is 11.4 Å². The molecule has 5 nitrogen and oxygen atoms in total. The summed E-state index contributed by atoms with van der Waals surface area (Å²) in [6, 6.07) is 13.3. The van der Waals surface area contributed by atoms with E-state index in [-0.39, 0.29) is 24.7 Å². The quantitative estimate of drug-likeness (QED) is 0.727. The Kier molecular flexibility index (Phi) is 5.40. The summed E-state index contributed by atoms with van der Waals surface area (Å²) >= 11 is 6.09. The van der Waals surface area contributed by atoms with E-state index in [2.05, 4.69) is 15.5 Å². The molecule has 0 saturated heterocycles. The van der Waals surface area contributed by atoms with Gasteiger partial charge in [-0.3, -0.25) is 4.79 Å². The summed E-state index contributed by atoms with van der Waals surface area (Å²) in [5, 5.41) is 7.11. The van der Waals surface area contributed by atoms with Crippen LogP contribution < -0.4 is 5.32 Å². The molecule has 0 atom stereocenters. The van der Waals surface area contributed by atoms with Crippen molar-refractivity contribution in [2.45, 2.75) is 19.4 Å². The largest absolute Gasteiger partial charge is 0.347 e. The average Bonchev–Trinajstić information content (AvgIpc) is 3.08. The molecule has 0 radical (unpaired) electrons. The SMILES string of the molecule is O=C(CCc1ccc(F)cc1)NCc1nc(-c2ccccc2Cl)no1. The number of carbonyl (C=O) groups is 1. The number of hydrogen-bond acceptors (Lipinski definition) is 4. The Morgan fingerprint density at radius 1 is 1.16 bits per heavy atom. The van der Waals surface area contributed by atoms with Crippen LogP contribution in [0, 0.1) is 5.82 Å². The predicted octanol–water partition coefficient (Wildman–Crippen LogP) is 3.78. The van der Waals surface area contributed by atoms with Crippen molar-refractivity contribution in [2.24, 2.45) is 0 Å². The topological polar surface area (TPSA) is 68.0 Å². The Morgan fingerprint density at radius 2 is 1.92 bits per heavy atom. The zero-order valence-corrected chi connectivity index (χ0v) is 14.0. The smallest absolute Gasteiger partial charge is 0.246 e. The summed E-state index contributed by atoms with van der Waals surface area (Å²) in [6.45, 7) is 0.139. The van der Waals surface area contributed by atoms with E-state index in [1.807, 2.05) is 12.1 Å². The highest BCUT2D eigenvalue weighted by Gasteiger charge is 2.12. The highest BCUT2D eigenvalue weighted by molar-refractivity contribution is 6.33. The summed E-state index contributed by atoms with van der Waals surface area (Å²) < 4.78 is 18.0. The van der Waals surface area contributed by atoms with Gasteiger partial charge in [0.15, 0.2) is 0 Å². The number of amides is 1. The fourth-order valence-corrected chi connectivity index (χ4v) is 2.47. The molecule has 1 heterocycles. The van der Waals surface area contributed by atoms with Crippen LogP contribution in [-0.2, 0) is 17.8 Å². The molecule has 7 heteroatoms. The van der Waals surface area contributed by atoms with Gasteiger partial charge in [0.2, 0.25) is 17.6 Å². The molecule has 2 aromatic carbocycles. The third-order valence-electron chi connectivity index (χ3n) is 3.57. The maximum Gasteiger partial charge on any atom is 0.246 e. The minimum atomic E-state index is -0.293. The molecule has 25 heavy (non-hydrogen) atoms. The first-order valence-corrected chi connectivity index (χ1v) is 8.08. The van der Waals surface area contributed by atoms with Gasteiger partial charge in [0.25, 0.3) is 0 Å². The Labute approximate surface area is 148 Å². The summed E-state index contributed by atoms with van der Waals surface area (Å²) in [6.07, 6.45) is 0.817. The van der Waals surface area contributed by atoms with Gasteiger partial charge < -0.3 is 9.84 Å². The number of aryl methyl sites for hydroxylation is 1. The monoisotopic (exact) mass is 359 g/mol. The van der Waals surface area contributed by atoms with Crippen LogP contribution >= 0.6 is 11.6 Å². The lowest BCUT2D eigenvalue weighted by Gasteiger charge is -2.03. The Bertz CT molecular complexity index is 865.